The Hall–Kier alpha value is 0.310. The zero-order valence-corrected chi connectivity index (χ0v) is 7.44. The number of aliphatic hydroxyl groups is 1. The van der Waals surface area contributed by atoms with Gasteiger partial charge in [-0.15, -0.1) is 16.1 Å². The fourth-order valence-corrected chi connectivity index (χ4v) is 1.31. The minimum atomic E-state index is -1.97. The summed E-state index contributed by atoms with van der Waals surface area (Å²) in [4.78, 5) is 0. The fraction of sp³-hybridized carbons (Fsp3) is 1.00. The third-order valence-electron chi connectivity index (χ3n) is 0.804. The van der Waals surface area contributed by atoms with Gasteiger partial charge in [0.05, 0.1) is 5.88 Å². The maximum atomic E-state index is 10.7. The van der Waals surface area contributed by atoms with Crippen LogP contribution in [0.5, 0.6) is 0 Å². The zero-order valence-electron chi connectivity index (χ0n) is 5.79. The molecule has 0 radical (unpaired) electrons. The standard InChI is InChI=1S/C5H11ClO3P/c1-2-3-9-10(8)5(7)4-6/h5,7H,2-4H2,1H3/q+1. The molecular formula is C5H11ClO3P+. The summed E-state index contributed by atoms with van der Waals surface area (Å²) >= 11 is 5.21. The van der Waals surface area contributed by atoms with E-state index in [4.69, 9.17) is 21.2 Å². The Kier molecular flexibility index (Phi) is 6.24. The predicted octanol–water partition coefficient (Wildman–Crippen LogP) is 1.71. The molecule has 0 amide bonds. The van der Waals surface area contributed by atoms with Gasteiger partial charge in [-0.3, -0.25) is 0 Å². The molecule has 0 aromatic carbocycles. The second-order valence-corrected chi connectivity index (χ2v) is 3.49. The van der Waals surface area contributed by atoms with Crippen molar-refractivity contribution in [1.82, 2.24) is 0 Å². The van der Waals surface area contributed by atoms with Gasteiger partial charge in [0.2, 0.25) is 0 Å². The zero-order chi connectivity index (χ0) is 7.98. The van der Waals surface area contributed by atoms with Gasteiger partial charge in [0.25, 0.3) is 5.85 Å². The average Bonchev–Trinajstić information content (AvgIpc) is 1.98. The number of aliphatic hydroxyl groups excluding tert-OH is 1. The number of hydrogen-bond donors (Lipinski definition) is 1. The minimum Gasteiger partial charge on any atom is -0.348 e. The van der Waals surface area contributed by atoms with Crippen molar-refractivity contribution in [3.05, 3.63) is 0 Å². The molecule has 0 saturated carbocycles. The van der Waals surface area contributed by atoms with Gasteiger partial charge in [-0.25, -0.2) is 0 Å². The Morgan fingerprint density at radius 2 is 2.40 bits per heavy atom. The molecule has 5 heteroatoms. The first-order valence-corrected chi connectivity index (χ1v) is 4.83. The van der Waals surface area contributed by atoms with Crippen LogP contribution in [0.2, 0.25) is 0 Å². The molecule has 3 nitrogen and oxygen atoms in total. The highest BCUT2D eigenvalue weighted by Crippen LogP contribution is 2.28. The van der Waals surface area contributed by atoms with Crippen LogP contribution in [0.1, 0.15) is 13.3 Å². The van der Waals surface area contributed by atoms with Crippen LogP contribution < -0.4 is 0 Å². The number of rotatable bonds is 5. The maximum absolute atomic E-state index is 10.7. The quantitative estimate of drug-likeness (QED) is 0.524. The van der Waals surface area contributed by atoms with Gasteiger partial charge in [-0.2, -0.15) is 0 Å². The van der Waals surface area contributed by atoms with E-state index in [0.29, 0.717) is 6.61 Å². The summed E-state index contributed by atoms with van der Waals surface area (Å²) in [6.45, 7) is 2.30. The highest BCUT2D eigenvalue weighted by molar-refractivity contribution is 7.39. The largest absolute Gasteiger partial charge is 0.541 e. The van der Waals surface area contributed by atoms with Gasteiger partial charge in [0, 0.05) is 0 Å². The Labute approximate surface area is 66.2 Å². The first-order chi connectivity index (χ1) is 4.72. The molecule has 0 spiro atoms. The lowest BCUT2D eigenvalue weighted by molar-refractivity contribution is 0.234. The lowest BCUT2D eigenvalue weighted by Gasteiger charge is -1.91. The van der Waals surface area contributed by atoms with E-state index in [0.717, 1.165) is 6.42 Å². The van der Waals surface area contributed by atoms with Crippen LogP contribution in [-0.2, 0) is 9.09 Å². The van der Waals surface area contributed by atoms with Gasteiger partial charge in [-0.1, -0.05) is 6.92 Å². The first kappa shape index (κ1) is 10.3. The van der Waals surface area contributed by atoms with Gasteiger partial charge in [-0.05, 0) is 11.0 Å². The third-order valence-corrected chi connectivity index (χ3v) is 2.42. The Bertz CT molecular complexity index is 109. The Morgan fingerprint density at radius 1 is 1.80 bits per heavy atom. The number of alkyl halides is 1. The number of halogens is 1. The van der Waals surface area contributed by atoms with E-state index >= 15 is 0 Å². The SMILES string of the molecule is CCCO[P+](=O)C(O)CCl. The maximum Gasteiger partial charge on any atom is 0.541 e. The summed E-state index contributed by atoms with van der Waals surface area (Å²) in [5, 5.41) is 8.81. The van der Waals surface area contributed by atoms with E-state index in [1.165, 1.54) is 0 Å². The monoisotopic (exact) mass is 185 g/mol. The van der Waals surface area contributed by atoms with Gasteiger partial charge in [0.15, 0.2) is 0 Å². The van der Waals surface area contributed by atoms with Crippen molar-refractivity contribution in [3.63, 3.8) is 0 Å². The summed E-state index contributed by atoms with van der Waals surface area (Å²) in [7, 11) is -1.97. The van der Waals surface area contributed by atoms with E-state index in [-0.39, 0.29) is 5.88 Å². The van der Waals surface area contributed by atoms with E-state index < -0.39 is 13.9 Å². The predicted molar refractivity (Wildman–Crippen MR) is 40.6 cm³/mol. The van der Waals surface area contributed by atoms with E-state index in [2.05, 4.69) is 0 Å². The molecule has 60 valence electrons. The molecule has 2 unspecified atom stereocenters. The lowest BCUT2D eigenvalue weighted by atomic mass is 10.5. The van der Waals surface area contributed by atoms with Crippen molar-refractivity contribution < 1.29 is 14.2 Å². The molecule has 0 aromatic rings. The smallest absolute Gasteiger partial charge is 0.348 e. The normalized spacial score (nSPS) is 14.9. The number of hydrogen-bond acceptors (Lipinski definition) is 3. The molecule has 0 aliphatic carbocycles. The molecule has 0 heterocycles. The van der Waals surface area contributed by atoms with Crippen LogP contribution in [0, 0.1) is 0 Å². The van der Waals surface area contributed by atoms with Crippen molar-refractivity contribution in [2.45, 2.75) is 19.2 Å². The highest BCUT2D eigenvalue weighted by Gasteiger charge is 2.28. The Balaban J connectivity index is 3.42. The van der Waals surface area contributed by atoms with Crippen molar-refractivity contribution >= 4 is 19.6 Å². The van der Waals surface area contributed by atoms with Crippen molar-refractivity contribution in [2.75, 3.05) is 12.5 Å². The van der Waals surface area contributed by atoms with E-state index in [1.807, 2.05) is 6.92 Å². The Morgan fingerprint density at radius 3 is 2.80 bits per heavy atom. The van der Waals surface area contributed by atoms with Gasteiger partial charge >= 0.3 is 8.03 Å². The van der Waals surface area contributed by atoms with Gasteiger partial charge in [0.1, 0.15) is 6.61 Å². The highest BCUT2D eigenvalue weighted by atomic mass is 35.5. The minimum absolute atomic E-state index is 0.0427. The van der Waals surface area contributed by atoms with Crippen LogP contribution in [0.4, 0.5) is 0 Å². The third kappa shape index (κ3) is 4.18. The molecule has 1 N–H and O–H groups in total. The van der Waals surface area contributed by atoms with Crippen LogP contribution in [0.3, 0.4) is 0 Å². The summed E-state index contributed by atoms with van der Waals surface area (Å²) in [6, 6.07) is 0. The molecular weight excluding hydrogens is 174 g/mol. The molecule has 2 atom stereocenters. The molecule has 0 aliphatic heterocycles. The summed E-state index contributed by atoms with van der Waals surface area (Å²) in [5.74, 6) is -1.07. The molecule has 0 fully saturated rings. The van der Waals surface area contributed by atoms with Crippen LogP contribution >= 0.6 is 19.6 Å². The fourth-order valence-electron chi connectivity index (χ4n) is 0.324. The van der Waals surface area contributed by atoms with Crippen molar-refractivity contribution in [1.29, 1.82) is 0 Å². The van der Waals surface area contributed by atoms with Gasteiger partial charge < -0.3 is 5.11 Å². The molecule has 0 rings (SSSR count). The van der Waals surface area contributed by atoms with Crippen molar-refractivity contribution in [3.8, 4) is 0 Å². The second kappa shape index (κ2) is 6.05. The molecule has 10 heavy (non-hydrogen) atoms. The van der Waals surface area contributed by atoms with Crippen LogP contribution in [0.15, 0.2) is 0 Å². The second-order valence-electron chi connectivity index (χ2n) is 1.75. The molecule has 0 saturated heterocycles. The van der Waals surface area contributed by atoms with E-state index in [1.54, 1.807) is 0 Å². The average molecular weight is 186 g/mol. The summed E-state index contributed by atoms with van der Waals surface area (Å²) in [6.07, 6.45) is 0.788. The van der Waals surface area contributed by atoms with Crippen molar-refractivity contribution in [2.24, 2.45) is 0 Å². The lowest BCUT2D eigenvalue weighted by Crippen LogP contribution is -2.03. The molecule has 0 aromatic heterocycles. The molecule has 0 bridgehead atoms. The topological polar surface area (TPSA) is 46.5 Å². The summed E-state index contributed by atoms with van der Waals surface area (Å²) < 4.78 is 15.4. The summed E-state index contributed by atoms with van der Waals surface area (Å²) in [5.41, 5.74) is 0. The van der Waals surface area contributed by atoms with Crippen LogP contribution in [-0.4, -0.2) is 23.4 Å². The van der Waals surface area contributed by atoms with Crippen LogP contribution in [0.25, 0.3) is 0 Å². The van der Waals surface area contributed by atoms with E-state index in [9.17, 15) is 4.57 Å². The first-order valence-electron chi connectivity index (χ1n) is 3.05. The molecule has 0 aliphatic rings.